The number of nitrogens with zero attached hydrogens (tertiary/aromatic N) is 3. The number of amides is 1. The van der Waals surface area contributed by atoms with E-state index in [0.717, 1.165) is 25.2 Å². The lowest BCUT2D eigenvalue weighted by Crippen LogP contribution is -2.55. The highest BCUT2D eigenvalue weighted by Crippen LogP contribution is 2.41. The van der Waals surface area contributed by atoms with E-state index >= 15 is 0 Å². The van der Waals surface area contributed by atoms with Gasteiger partial charge in [-0.15, -0.1) is 24.8 Å². The highest BCUT2D eigenvalue weighted by molar-refractivity contribution is 6.02. The molecule has 2 aromatic rings. The van der Waals surface area contributed by atoms with Crippen molar-refractivity contribution in [3.05, 3.63) is 54.2 Å². The lowest BCUT2D eigenvalue weighted by molar-refractivity contribution is -0.133. The van der Waals surface area contributed by atoms with Crippen molar-refractivity contribution in [3.8, 4) is 5.75 Å². The minimum absolute atomic E-state index is 0. The van der Waals surface area contributed by atoms with Gasteiger partial charge in [0.15, 0.2) is 17.2 Å². The van der Waals surface area contributed by atoms with Gasteiger partial charge in [0, 0.05) is 12.7 Å². The van der Waals surface area contributed by atoms with Crippen LogP contribution in [0.1, 0.15) is 38.3 Å². The van der Waals surface area contributed by atoms with Crippen LogP contribution in [0.15, 0.2) is 48.7 Å². The van der Waals surface area contributed by atoms with Gasteiger partial charge in [0.05, 0.1) is 6.04 Å². The van der Waals surface area contributed by atoms with Gasteiger partial charge in [-0.25, -0.2) is 4.98 Å². The fraction of sp³-hybridized carbons (Fsp3) is 0.429. The van der Waals surface area contributed by atoms with E-state index in [1.54, 1.807) is 6.20 Å². The summed E-state index contributed by atoms with van der Waals surface area (Å²) < 4.78 is 5.95. The maximum atomic E-state index is 13.3. The number of aromatic nitrogens is 1. The first kappa shape index (κ1) is 22.5. The van der Waals surface area contributed by atoms with Gasteiger partial charge < -0.3 is 9.64 Å². The van der Waals surface area contributed by atoms with Crippen LogP contribution in [0.3, 0.4) is 0 Å². The molecule has 0 spiro atoms. The summed E-state index contributed by atoms with van der Waals surface area (Å²) in [6, 6.07) is 13.9. The van der Waals surface area contributed by atoms with Gasteiger partial charge in [-0.2, -0.15) is 0 Å². The molecular weight excluding hydrogens is 397 g/mol. The van der Waals surface area contributed by atoms with Gasteiger partial charge in [-0.05, 0) is 57.5 Å². The number of ether oxygens (including phenoxy) is 1. The van der Waals surface area contributed by atoms with Crippen LogP contribution in [0.4, 0.5) is 5.82 Å². The standard InChI is InChI=1S/C21H25N3O2.2ClH/c1-21(2)20(25)24(19-18(26-21)11-8-12-22-19)17(15-23-13-6-7-14-23)16-9-4-3-5-10-16;;/h3-5,8-12,17H,6-7,13-15H2,1-2H3;2*1H. The lowest BCUT2D eigenvalue weighted by atomic mass is 9.99. The summed E-state index contributed by atoms with van der Waals surface area (Å²) in [4.78, 5) is 22.1. The van der Waals surface area contributed by atoms with Gasteiger partial charge in [0.1, 0.15) is 0 Å². The Balaban J connectivity index is 0.00000140. The van der Waals surface area contributed by atoms with Gasteiger partial charge >= 0.3 is 0 Å². The molecule has 5 nitrogen and oxygen atoms in total. The molecule has 0 aliphatic carbocycles. The number of likely N-dealkylation sites (tertiary alicyclic amines) is 1. The Morgan fingerprint density at radius 3 is 2.43 bits per heavy atom. The summed E-state index contributed by atoms with van der Waals surface area (Å²) in [7, 11) is 0. The fourth-order valence-electron chi connectivity index (χ4n) is 3.86. The van der Waals surface area contributed by atoms with E-state index in [2.05, 4.69) is 22.0 Å². The van der Waals surface area contributed by atoms with Crippen molar-refractivity contribution in [2.24, 2.45) is 0 Å². The van der Waals surface area contributed by atoms with E-state index in [9.17, 15) is 4.79 Å². The smallest absolute Gasteiger partial charge is 0.272 e. The molecular formula is C21H27Cl2N3O2. The molecule has 1 fully saturated rings. The van der Waals surface area contributed by atoms with Crippen molar-refractivity contribution in [2.75, 3.05) is 24.5 Å². The Morgan fingerprint density at radius 1 is 1.07 bits per heavy atom. The van der Waals surface area contributed by atoms with Crippen molar-refractivity contribution in [1.82, 2.24) is 9.88 Å². The number of carbonyl (C=O) groups is 1. The van der Waals surface area contributed by atoms with Crippen LogP contribution in [0.25, 0.3) is 0 Å². The first-order valence-corrected chi connectivity index (χ1v) is 9.31. The van der Waals surface area contributed by atoms with Crippen molar-refractivity contribution in [1.29, 1.82) is 0 Å². The predicted octanol–water partition coefficient (Wildman–Crippen LogP) is 4.27. The third kappa shape index (κ3) is 4.27. The molecule has 152 valence electrons. The highest BCUT2D eigenvalue weighted by atomic mass is 35.5. The molecule has 3 heterocycles. The van der Waals surface area contributed by atoms with Gasteiger partial charge in [0.25, 0.3) is 5.91 Å². The number of anilines is 1. The fourth-order valence-corrected chi connectivity index (χ4v) is 3.86. The normalized spacial score (nSPS) is 19.1. The SMILES string of the molecule is CC1(C)Oc2cccnc2N(C(CN2CCCC2)c2ccccc2)C1=O.Cl.Cl. The number of hydrogen-bond donors (Lipinski definition) is 0. The third-order valence-corrected chi connectivity index (χ3v) is 5.20. The molecule has 0 bridgehead atoms. The van der Waals surface area contributed by atoms with Crippen molar-refractivity contribution < 1.29 is 9.53 Å². The Hall–Kier alpha value is -1.82. The number of fused-ring (bicyclic) bond motifs is 1. The summed E-state index contributed by atoms with van der Waals surface area (Å²) in [5.41, 5.74) is 0.218. The van der Waals surface area contributed by atoms with Crippen LogP contribution in [0, 0.1) is 0 Å². The van der Waals surface area contributed by atoms with Crippen LogP contribution in [-0.2, 0) is 4.79 Å². The molecule has 2 aliphatic heterocycles. The van der Waals surface area contributed by atoms with Crippen molar-refractivity contribution >= 4 is 36.5 Å². The number of pyridine rings is 1. The number of rotatable bonds is 4. The molecule has 1 aromatic heterocycles. The highest BCUT2D eigenvalue weighted by Gasteiger charge is 2.45. The number of halogens is 2. The minimum atomic E-state index is -0.909. The Kier molecular flexibility index (Phi) is 7.32. The van der Waals surface area contributed by atoms with Crippen LogP contribution < -0.4 is 9.64 Å². The molecule has 1 unspecified atom stereocenters. The summed E-state index contributed by atoms with van der Waals surface area (Å²) in [6.07, 6.45) is 4.16. The average molecular weight is 424 g/mol. The predicted molar refractivity (Wildman–Crippen MR) is 116 cm³/mol. The van der Waals surface area contributed by atoms with Gasteiger partial charge in [-0.1, -0.05) is 30.3 Å². The average Bonchev–Trinajstić information content (AvgIpc) is 3.15. The Morgan fingerprint density at radius 2 is 1.75 bits per heavy atom. The van der Waals surface area contributed by atoms with E-state index in [1.165, 1.54) is 12.8 Å². The Bertz CT molecular complexity index is 795. The zero-order valence-electron chi connectivity index (χ0n) is 16.2. The van der Waals surface area contributed by atoms with Gasteiger partial charge in [0.2, 0.25) is 0 Å². The minimum Gasteiger partial charge on any atom is -0.474 e. The summed E-state index contributed by atoms with van der Waals surface area (Å²) >= 11 is 0. The number of benzene rings is 1. The first-order valence-electron chi connectivity index (χ1n) is 9.31. The van der Waals surface area contributed by atoms with Gasteiger partial charge in [-0.3, -0.25) is 9.69 Å². The molecule has 2 aliphatic rings. The Labute approximate surface area is 178 Å². The van der Waals surface area contributed by atoms with Crippen LogP contribution in [0.2, 0.25) is 0 Å². The second-order valence-corrected chi connectivity index (χ2v) is 7.55. The topological polar surface area (TPSA) is 45.7 Å². The van der Waals surface area contributed by atoms with Crippen molar-refractivity contribution in [2.45, 2.75) is 38.3 Å². The van der Waals surface area contributed by atoms with Crippen LogP contribution in [-0.4, -0.2) is 41.0 Å². The quantitative estimate of drug-likeness (QED) is 0.736. The first-order chi connectivity index (χ1) is 12.6. The van der Waals surface area contributed by atoms with Crippen molar-refractivity contribution in [3.63, 3.8) is 0 Å². The van der Waals surface area contributed by atoms with E-state index in [1.807, 2.05) is 49.1 Å². The number of hydrogen-bond acceptors (Lipinski definition) is 4. The molecule has 1 amide bonds. The molecule has 1 aromatic carbocycles. The molecule has 0 radical (unpaired) electrons. The monoisotopic (exact) mass is 423 g/mol. The second-order valence-electron chi connectivity index (χ2n) is 7.55. The zero-order chi connectivity index (χ0) is 18.1. The van der Waals surface area contributed by atoms with E-state index in [-0.39, 0.29) is 36.8 Å². The maximum Gasteiger partial charge on any atom is 0.272 e. The third-order valence-electron chi connectivity index (χ3n) is 5.20. The summed E-state index contributed by atoms with van der Waals surface area (Å²) in [6.45, 7) is 6.63. The summed E-state index contributed by atoms with van der Waals surface area (Å²) in [5, 5.41) is 0. The maximum absolute atomic E-state index is 13.3. The molecule has 7 heteroatoms. The molecule has 4 rings (SSSR count). The van der Waals surface area contributed by atoms with Crippen LogP contribution >= 0.6 is 24.8 Å². The molecule has 28 heavy (non-hydrogen) atoms. The largest absolute Gasteiger partial charge is 0.474 e. The summed E-state index contributed by atoms with van der Waals surface area (Å²) in [5.74, 6) is 1.24. The van der Waals surface area contributed by atoms with E-state index in [4.69, 9.17) is 4.74 Å². The molecule has 0 N–H and O–H groups in total. The molecule has 1 saturated heterocycles. The van der Waals surface area contributed by atoms with E-state index < -0.39 is 5.60 Å². The van der Waals surface area contributed by atoms with Crippen LogP contribution in [0.5, 0.6) is 5.75 Å². The lowest BCUT2D eigenvalue weighted by Gasteiger charge is -2.42. The molecule has 1 atom stereocenters. The molecule has 0 saturated carbocycles. The second kappa shape index (κ2) is 9.12. The van der Waals surface area contributed by atoms with E-state index in [0.29, 0.717) is 11.6 Å². The zero-order valence-corrected chi connectivity index (χ0v) is 17.8. The number of carbonyl (C=O) groups excluding carboxylic acids is 1.